The number of hydrogen-bond donors (Lipinski definition) is 1. The van der Waals surface area contributed by atoms with E-state index in [2.05, 4.69) is 43.6 Å². The zero-order chi connectivity index (χ0) is 10.6. The first-order chi connectivity index (χ1) is 6.55. The summed E-state index contributed by atoms with van der Waals surface area (Å²) < 4.78 is 0. The van der Waals surface area contributed by atoms with Gasteiger partial charge in [0.25, 0.3) is 0 Å². The summed E-state index contributed by atoms with van der Waals surface area (Å²) in [6.07, 6.45) is 1.22. The van der Waals surface area contributed by atoms with Crippen LogP contribution in [0.1, 0.15) is 38.0 Å². The fourth-order valence-electron chi connectivity index (χ4n) is 1.78. The van der Waals surface area contributed by atoms with E-state index in [-0.39, 0.29) is 0 Å². The lowest BCUT2D eigenvalue weighted by Gasteiger charge is -2.30. The lowest BCUT2D eigenvalue weighted by atomic mass is 9.78. The quantitative estimate of drug-likeness (QED) is 0.804. The number of thiophene rings is 1. The third kappa shape index (κ3) is 3.10. The molecule has 1 heterocycles. The van der Waals surface area contributed by atoms with Crippen LogP contribution >= 0.6 is 11.3 Å². The van der Waals surface area contributed by atoms with E-state index in [4.69, 9.17) is 0 Å². The molecule has 0 bridgehead atoms. The number of nitrogens with one attached hydrogen (secondary N) is 1. The molecule has 0 aliphatic carbocycles. The van der Waals surface area contributed by atoms with Gasteiger partial charge in [-0.25, -0.2) is 0 Å². The minimum absolute atomic E-state index is 0.363. The molecule has 80 valence electrons. The molecule has 0 saturated heterocycles. The minimum atomic E-state index is 0.363. The molecule has 0 radical (unpaired) electrons. The molecule has 14 heavy (non-hydrogen) atoms. The monoisotopic (exact) mass is 211 g/mol. The summed E-state index contributed by atoms with van der Waals surface area (Å²) in [5.41, 5.74) is 0.363. The van der Waals surface area contributed by atoms with Gasteiger partial charge >= 0.3 is 0 Å². The number of hydrogen-bond acceptors (Lipinski definition) is 2. The van der Waals surface area contributed by atoms with E-state index >= 15 is 0 Å². The predicted molar refractivity (Wildman–Crippen MR) is 65.1 cm³/mol. The van der Waals surface area contributed by atoms with Crippen molar-refractivity contribution < 1.29 is 0 Å². The number of rotatable bonds is 4. The molecule has 0 spiro atoms. The van der Waals surface area contributed by atoms with E-state index in [1.54, 1.807) is 0 Å². The van der Waals surface area contributed by atoms with Crippen LogP contribution in [0, 0.1) is 5.41 Å². The van der Waals surface area contributed by atoms with Crippen LogP contribution in [-0.4, -0.2) is 13.6 Å². The van der Waals surface area contributed by atoms with Gasteiger partial charge in [-0.3, -0.25) is 0 Å². The molecule has 1 atom stereocenters. The molecule has 0 amide bonds. The third-order valence-electron chi connectivity index (χ3n) is 2.62. The van der Waals surface area contributed by atoms with Crippen molar-refractivity contribution in [1.82, 2.24) is 5.32 Å². The van der Waals surface area contributed by atoms with E-state index in [1.165, 1.54) is 11.3 Å². The van der Waals surface area contributed by atoms with Crippen LogP contribution < -0.4 is 5.32 Å². The van der Waals surface area contributed by atoms with Crippen molar-refractivity contribution in [1.29, 1.82) is 0 Å². The van der Waals surface area contributed by atoms with E-state index in [0.717, 1.165) is 6.54 Å². The average Bonchev–Trinajstić information content (AvgIpc) is 2.55. The first-order valence-electron chi connectivity index (χ1n) is 5.23. The Kier molecular flexibility index (Phi) is 4.14. The predicted octanol–water partition coefficient (Wildman–Crippen LogP) is 3.49. The van der Waals surface area contributed by atoms with Crippen molar-refractivity contribution in [2.24, 2.45) is 5.41 Å². The van der Waals surface area contributed by atoms with Crippen LogP contribution in [0.2, 0.25) is 0 Å². The Labute approximate surface area is 91.5 Å². The van der Waals surface area contributed by atoms with Crippen LogP contribution in [0.5, 0.6) is 0 Å². The maximum Gasteiger partial charge on any atom is 0.00818 e. The largest absolute Gasteiger partial charge is 0.320 e. The van der Waals surface area contributed by atoms with E-state index < -0.39 is 0 Å². The zero-order valence-electron chi connectivity index (χ0n) is 9.63. The Balaban J connectivity index is 2.73. The van der Waals surface area contributed by atoms with Gasteiger partial charge in [0.1, 0.15) is 0 Å². The minimum Gasteiger partial charge on any atom is -0.320 e. The maximum absolute atomic E-state index is 3.24. The maximum atomic E-state index is 3.24. The van der Waals surface area contributed by atoms with Gasteiger partial charge < -0.3 is 5.32 Å². The second-order valence-electron chi connectivity index (χ2n) is 4.83. The Hall–Kier alpha value is -0.340. The standard InChI is InChI=1S/C12H21NS/c1-12(2,3)10(7-8-13-4)11-6-5-9-14-11/h5-6,9-10,13H,7-8H2,1-4H3. The van der Waals surface area contributed by atoms with Gasteiger partial charge in [-0.15, -0.1) is 11.3 Å². The van der Waals surface area contributed by atoms with Crippen molar-refractivity contribution in [2.75, 3.05) is 13.6 Å². The zero-order valence-corrected chi connectivity index (χ0v) is 10.4. The highest BCUT2D eigenvalue weighted by atomic mass is 32.1. The molecular weight excluding hydrogens is 190 g/mol. The van der Waals surface area contributed by atoms with Gasteiger partial charge in [0.15, 0.2) is 0 Å². The Morgan fingerprint density at radius 1 is 1.43 bits per heavy atom. The van der Waals surface area contributed by atoms with Crippen molar-refractivity contribution in [3.8, 4) is 0 Å². The van der Waals surface area contributed by atoms with Crippen molar-refractivity contribution in [3.63, 3.8) is 0 Å². The van der Waals surface area contributed by atoms with Gasteiger partial charge in [-0.2, -0.15) is 0 Å². The van der Waals surface area contributed by atoms with Crippen LogP contribution in [0.15, 0.2) is 17.5 Å². The molecule has 2 heteroatoms. The van der Waals surface area contributed by atoms with Crippen molar-refractivity contribution in [3.05, 3.63) is 22.4 Å². The van der Waals surface area contributed by atoms with Gasteiger partial charge in [0.05, 0.1) is 0 Å². The van der Waals surface area contributed by atoms with Crippen LogP contribution in [0.3, 0.4) is 0 Å². The molecule has 1 nitrogen and oxygen atoms in total. The molecule has 1 unspecified atom stereocenters. The summed E-state index contributed by atoms with van der Waals surface area (Å²) >= 11 is 1.88. The van der Waals surface area contributed by atoms with Crippen molar-refractivity contribution in [2.45, 2.75) is 33.1 Å². The molecular formula is C12H21NS. The van der Waals surface area contributed by atoms with E-state index in [9.17, 15) is 0 Å². The lowest BCUT2D eigenvalue weighted by Crippen LogP contribution is -2.22. The molecule has 1 rings (SSSR count). The van der Waals surface area contributed by atoms with Gasteiger partial charge in [-0.1, -0.05) is 26.8 Å². The van der Waals surface area contributed by atoms with Crippen LogP contribution in [-0.2, 0) is 0 Å². The first kappa shape index (κ1) is 11.7. The summed E-state index contributed by atoms with van der Waals surface area (Å²) in [5, 5.41) is 5.41. The van der Waals surface area contributed by atoms with Gasteiger partial charge in [0, 0.05) is 4.88 Å². The van der Waals surface area contributed by atoms with Crippen molar-refractivity contribution >= 4 is 11.3 Å². The normalized spacial score (nSPS) is 14.3. The highest BCUT2D eigenvalue weighted by Gasteiger charge is 2.26. The molecule has 1 N–H and O–H groups in total. The molecule has 1 aromatic rings. The fourth-order valence-corrected chi connectivity index (χ4v) is 2.89. The smallest absolute Gasteiger partial charge is 0.00818 e. The summed E-state index contributed by atoms with van der Waals surface area (Å²) in [7, 11) is 2.02. The molecule has 0 fully saturated rings. The lowest BCUT2D eigenvalue weighted by molar-refractivity contribution is 0.307. The summed E-state index contributed by atoms with van der Waals surface area (Å²) in [5.74, 6) is 0.676. The second kappa shape index (κ2) is 4.94. The highest BCUT2D eigenvalue weighted by Crippen LogP contribution is 2.39. The Bertz CT molecular complexity index is 246. The third-order valence-corrected chi connectivity index (χ3v) is 3.60. The summed E-state index contributed by atoms with van der Waals surface area (Å²) in [6.45, 7) is 8.08. The Morgan fingerprint density at radius 3 is 2.57 bits per heavy atom. The summed E-state index contributed by atoms with van der Waals surface area (Å²) in [6, 6.07) is 4.41. The fraction of sp³-hybridized carbons (Fsp3) is 0.667. The highest BCUT2D eigenvalue weighted by molar-refractivity contribution is 7.10. The van der Waals surface area contributed by atoms with Gasteiger partial charge in [0.2, 0.25) is 0 Å². The first-order valence-corrected chi connectivity index (χ1v) is 6.11. The van der Waals surface area contributed by atoms with Crippen LogP contribution in [0.4, 0.5) is 0 Å². The molecule has 0 aliphatic rings. The molecule has 1 aromatic heterocycles. The second-order valence-corrected chi connectivity index (χ2v) is 5.81. The summed E-state index contributed by atoms with van der Waals surface area (Å²) in [4.78, 5) is 1.52. The molecule has 0 aliphatic heterocycles. The van der Waals surface area contributed by atoms with E-state index in [0.29, 0.717) is 11.3 Å². The van der Waals surface area contributed by atoms with Gasteiger partial charge in [-0.05, 0) is 42.8 Å². The Morgan fingerprint density at radius 2 is 2.14 bits per heavy atom. The molecule has 0 saturated carbocycles. The SMILES string of the molecule is CNCCC(c1cccs1)C(C)(C)C. The topological polar surface area (TPSA) is 12.0 Å². The van der Waals surface area contributed by atoms with Crippen LogP contribution in [0.25, 0.3) is 0 Å². The molecule has 0 aromatic carbocycles. The average molecular weight is 211 g/mol. The van der Waals surface area contributed by atoms with E-state index in [1.807, 2.05) is 18.4 Å².